The number of benzene rings is 1. The molecule has 3 heteroatoms. The molecule has 0 bridgehead atoms. The lowest BCUT2D eigenvalue weighted by molar-refractivity contribution is -0.00000396. The summed E-state index contributed by atoms with van der Waals surface area (Å²) in [6.45, 7) is 4.51. The molecular weight excluding hydrogens is 242 g/mol. The summed E-state index contributed by atoms with van der Waals surface area (Å²) >= 11 is 0. The van der Waals surface area contributed by atoms with Gasteiger partial charge in [0.05, 0.1) is 14.1 Å². The summed E-state index contributed by atoms with van der Waals surface area (Å²) in [6.07, 6.45) is 1.85. The summed E-state index contributed by atoms with van der Waals surface area (Å²) in [5.41, 5.74) is 0.919. The lowest BCUT2D eigenvalue weighted by atomic mass is 10.2. The molecule has 0 spiro atoms. The minimum atomic E-state index is 0. The number of phenolic OH excluding ortho intramolecular Hbond substituents is 1. The lowest BCUT2D eigenvalue weighted by Crippen LogP contribution is -3.00. The maximum Gasteiger partial charge on any atom is 0.177 e. The molecule has 0 aromatic heterocycles. The summed E-state index contributed by atoms with van der Waals surface area (Å²) in [4.78, 5) is 0. The molecule has 0 heterocycles. The molecule has 0 atom stereocenters. The second-order valence-electron chi connectivity index (χ2n) is 3.64. The van der Waals surface area contributed by atoms with Crippen molar-refractivity contribution in [2.75, 3.05) is 20.6 Å². The predicted molar refractivity (Wildman–Crippen MR) is 56.8 cm³/mol. The van der Waals surface area contributed by atoms with Crippen molar-refractivity contribution in [2.24, 2.45) is 0 Å². The van der Waals surface area contributed by atoms with Crippen molar-refractivity contribution >= 4 is 5.69 Å². The third-order valence-corrected chi connectivity index (χ3v) is 2.12. The number of quaternary nitrogens is 1. The highest BCUT2D eigenvalue weighted by Gasteiger charge is 2.20. The van der Waals surface area contributed by atoms with Crippen molar-refractivity contribution in [1.29, 1.82) is 0 Å². The number of halogens is 1. The highest BCUT2D eigenvalue weighted by molar-refractivity contribution is 5.54. The van der Waals surface area contributed by atoms with Crippen LogP contribution in [0.25, 0.3) is 0 Å². The lowest BCUT2D eigenvalue weighted by Gasteiger charge is -2.28. The van der Waals surface area contributed by atoms with Crippen LogP contribution in [0, 0.1) is 0 Å². The van der Waals surface area contributed by atoms with E-state index in [1.807, 2.05) is 38.4 Å². The molecule has 0 amide bonds. The third-order valence-electron chi connectivity index (χ3n) is 2.12. The van der Waals surface area contributed by atoms with Crippen LogP contribution in [-0.4, -0.2) is 25.7 Å². The van der Waals surface area contributed by atoms with Crippen LogP contribution >= 0.6 is 0 Å². The number of rotatable bonds is 3. The van der Waals surface area contributed by atoms with Gasteiger partial charge in [0.1, 0.15) is 6.54 Å². The summed E-state index contributed by atoms with van der Waals surface area (Å²) in [5, 5.41) is 9.62. The number of likely N-dealkylation sites (N-methyl/N-ethyl adjacent to an activating group) is 1. The average molecular weight is 258 g/mol. The number of aromatic hydroxyl groups is 1. The van der Waals surface area contributed by atoms with Crippen LogP contribution in [0.4, 0.5) is 5.69 Å². The minimum absolute atomic E-state index is 0. The second-order valence-corrected chi connectivity index (χ2v) is 3.64. The zero-order valence-corrected chi connectivity index (χ0v) is 10.2. The number of nitrogens with zero attached hydrogens (tertiary/aromatic N) is 1. The van der Waals surface area contributed by atoms with E-state index < -0.39 is 0 Å². The fraction of sp³-hybridized carbons (Fsp3) is 0.273. The van der Waals surface area contributed by atoms with Crippen molar-refractivity contribution in [2.45, 2.75) is 0 Å². The van der Waals surface area contributed by atoms with E-state index in [0.29, 0.717) is 10.2 Å². The van der Waals surface area contributed by atoms with Gasteiger partial charge in [-0.1, -0.05) is 18.7 Å². The Morgan fingerprint density at radius 3 is 2.43 bits per heavy atom. The molecule has 0 unspecified atom stereocenters. The first kappa shape index (κ1) is 13.2. The van der Waals surface area contributed by atoms with Crippen LogP contribution in [0.3, 0.4) is 0 Å². The SMILES string of the molecule is C=CC[N+](C)(C)c1ccccc1O.[Br-]. The van der Waals surface area contributed by atoms with Gasteiger partial charge in [0.15, 0.2) is 11.4 Å². The molecule has 0 saturated heterocycles. The van der Waals surface area contributed by atoms with Crippen molar-refractivity contribution in [1.82, 2.24) is 4.48 Å². The van der Waals surface area contributed by atoms with Crippen LogP contribution in [0.1, 0.15) is 0 Å². The monoisotopic (exact) mass is 257 g/mol. The molecule has 1 N–H and O–H groups in total. The van der Waals surface area contributed by atoms with Gasteiger partial charge in [-0.25, -0.2) is 0 Å². The van der Waals surface area contributed by atoms with E-state index >= 15 is 0 Å². The zero-order chi connectivity index (χ0) is 9.90. The van der Waals surface area contributed by atoms with Gasteiger partial charge in [-0.05, 0) is 12.1 Å². The van der Waals surface area contributed by atoms with Gasteiger partial charge in [-0.2, -0.15) is 0 Å². The van der Waals surface area contributed by atoms with Crippen molar-refractivity contribution in [3.63, 3.8) is 0 Å². The Bertz CT molecular complexity index is 310. The quantitative estimate of drug-likeness (QED) is 0.553. The Balaban J connectivity index is 0.00000169. The van der Waals surface area contributed by atoms with Crippen LogP contribution in [0.2, 0.25) is 0 Å². The van der Waals surface area contributed by atoms with E-state index in [1.54, 1.807) is 6.07 Å². The Hall–Kier alpha value is -0.800. The number of hydrogen-bond acceptors (Lipinski definition) is 1. The van der Waals surface area contributed by atoms with Crippen LogP contribution in [0.15, 0.2) is 36.9 Å². The molecular formula is C11H16BrNO. The Kier molecular flexibility index (Phi) is 4.88. The van der Waals surface area contributed by atoms with Crippen LogP contribution in [0.5, 0.6) is 5.75 Å². The summed E-state index contributed by atoms with van der Waals surface area (Å²) in [5.74, 6) is 0.342. The Morgan fingerprint density at radius 2 is 1.93 bits per heavy atom. The fourth-order valence-corrected chi connectivity index (χ4v) is 1.40. The summed E-state index contributed by atoms with van der Waals surface area (Å²) in [6, 6.07) is 7.39. The molecule has 2 nitrogen and oxygen atoms in total. The van der Waals surface area contributed by atoms with Crippen LogP contribution < -0.4 is 21.5 Å². The third kappa shape index (κ3) is 2.86. The first-order valence-corrected chi connectivity index (χ1v) is 4.30. The standard InChI is InChI=1S/C11H15NO.BrH/c1-4-9-12(2,3)10-7-5-6-8-11(10)13;/h4-8H,1,9H2,2-3H3;1H. The van der Waals surface area contributed by atoms with Crippen molar-refractivity contribution < 1.29 is 22.1 Å². The average Bonchev–Trinajstić information content (AvgIpc) is 2.04. The summed E-state index contributed by atoms with van der Waals surface area (Å²) in [7, 11) is 4.08. The van der Waals surface area contributed by atoms with Gasteiger partial charge in [0.25, 0.3) is 0 Å². The van der Waals surface area contributed by atoms with E-state index in [2.05, 4.69) is 6.58 Å². The number of phenols is 1. The van der Waals surface area contributed by atoms with Gasteiger partial charge < -0.3 is 22.1 Å². The highest BCUT2D eigenvalue weighted by Crippen LogP contribution is 2.29. The van der Waals surface area contributed by atoms with Crippen molar-refractivity contribution in [3.05, 3.63) is 36.9 Å². The normalized spacial score (nSPS) is 10.4. The first-order valence-electron chi connectivity index (χ1n) is 4.30. The number of hydrogen-bond donors (Lipinski definition) is 1. The Labute approximate surface area is 95.8 Å². The molecule has 14 heavy (non-hydrogen) atoms. The van der Waals surface area contributed by atoms with Gasteiger partial charge in [0, 0.05) is 6.07 Å². The van der Waals surface area contributed by atoms with E-state index in [0.717, 1.165) is 12.2 Å². The Morgan fingerprint density at radius 1 is 1.36 bits per heavy atom. The molecule has 1 aromatic rings. The van der Waals surface area contributed by atoms with E-state index in [4.69, 9.17) is 0 Å². The minimum Gasteiger partial charge on any atom is -1.00 e. The molecule has 1 rings (SSSR count). The molecule has 0 fully saturated rings. The number of para-hydroxylation sites is 2. The molecule has 0 aliphatic rings. The van der Waals surface area contributed by atoms with Gasteiger partial charge in [-0.3, -0.25) is 4.48 Å². The highest BCUT2D eigenvalue weighted by atomic mass is 79.9. The molecule has 0 radical (unpaired) electrons. The smallest absolute Gasteiger partial charge is 0.177 e. The maximum absolute atomic E-state index is 9.62. The van der Waals surface area contributed by atoms with Gasteiger partial charge >= 0.3 is 0 Å². The maximum atomic E-state index is 9.62. The molecule has 1 aromatic carbocycles. The molecule has 0 saturated carbocycles. The van der Waals surface area contributed by atoms with E-state index in [1.165, 1.54) is 0 Å². The largest absolute Gasteiger partial charge is 1.00 e. The van der Waals surface area contributed by atoms with Crippen molar-refractivity contribution in [3.8, 4) is 5.75 Å². The molecule has 78 valence electrons. The fourth-order valence-electron chi connectivity index (χ4n) is 1.40. The van der Waals surface area contributed by atoms with Crippen LogP contribution in [-0.2, 0) is 0 Å². The second kappa shape index (κ2) is 5.17. The molecule has 0 aliphatic carbocycles. The summed E-state index contributed by atoms with van der Waals surface area (Å²) < 4.78 is 0.621. The topological polar surface area (TPSA) is 20.2 Å². The van der Waals surface area contributed by atoms with E-state index in [-0.39, 0.29) is 17.0 Å². The first-order chi connectivity index (χ1) is 6.08. The van der Waals surface area contributed by atoms with Gasteiger partial charge in [0.2, 0.25) is 0 Å². The predicted octanol–water partition coefficient (Wildman–Crippen LogP) is -0.851. The zero-order valence-electron chi connectivity index (χ0n) is 8.57. The molecule has 0 aliphatic heterocycles. The van der Waals surface area contributed by atoms with Gasteiger partial charge in [-0.15, -0.1) is 0 Å². The van der Waals surface area contributed by atoms with E-state index in [9.17, 15) is 5.11 Å².